The summed E-state index contributed by atoms with van der Waals surface area (Å²) in [5.74, 6) is 0. The highest BCUT2D eigenvalue weighted by molar-refractivity contribution is 9.09. The van der Waals surface area contributed by atoms with Crippen molar-refractivity contribution < 1.29 is 8.42 Å². The van der Waals surface area contributed by atoms with Crippen molar-refractivity contribution in [3.05, 3.63) is 17.5 Å². The topological polar surface area (TPSA) is 46.2 Å². The summed E-state index contributed by atoms with van der Waals surface area (Å²) in [7, 11) is -3.28. The molecule has 0 saturated carbocycles. The second-order valence-electron chi connectivity index (χ2n) is 2.79. The number of halogens is 1. The van der Waals surface area contributed by atoms with Crippen molar-refractivity contribution in [2.75, 3.05) is 6.54 Å². The van der Waals surface area contributed by atoms with Gasteiger partial charge in [-0.25, -0.2) is 13.1 Å². The van der Waals surface area contributed by atoms with E-state index in [0.717, 1.165) is 6.42 Å². The molecule has 1 aromatic heterocycles. The summed E-state index contributed by atoms with van der Waals surface area (Å²) >= 11 is 4.59. The molecule has 0 amide bonds. The first-order chi connectivity index (χ1) is 6.56. The zero-order valence-electron chi connectivity index (χ0n) is 7.73. The summed E-state index contributed by atoms with van der Waals surface area (Å²) < 4.78 is 26.1. The first-order valence-electron chi connectivity index (χ1n) is 4.23. The molecule has 0 aliphatic rings. The summed E-state index contributed by atoms with van der Waals surface area (Å²) in [4.78, 5) is 0.192. The maximum Gasteiger partial charge on any atom is 0.250 e. The largest absolute Gasteiger partial charge is 0.250 e. The Bertz CT molecular complexity index is 361. The van der Waals surface area contributed by atoms with E-state index < -0.39 is 10.0 Å². The second-order valence-corrected chi connectivity index (χ2v) is 7.03. The van der Waals surface area contributed by atoms with Crippen molar-refractivity contribution >= 4 is 37.3 Å². The van der Waals surface area contributed by atoms with Crippen LogP contribution >= 0.6 is 27.3 Å². The van der Waals surface area contributed by atoms with E-state index in [0.29, 0.717) is 10.8 Å². The van der Waals surface area contributed by atoms with E-state index in [2.05, 4.69) is 20.7 Å². The molecule has 0 aliphatic carbocycles. The molecule has 1 N–H and O–H groups in total. The summed E-state index contributed by atoms with van der Waals surface area (Å²) in [5.41, 5.74) is 0. The van der Waals surface area contributed by atoms with Gasteiger partial charge in [-0.15, -0.1) is 11.3 Å². The van der Waals surface area contributed by atoms with E-state index in [1.165, 1.54) is 11.3 Å². The molecule has 0 saturated heterocycles. The highest BCUT2D eigenvalue weighted by atomic mass is 79.9. The third-order valence-electron chi connectivity index (χ3n) is 1.70. The van der Waals surface area contributed by atoms with Crippen molar-refractivity contribution in [2.45, 2.75) is 22.4 Å². The van der Waals surface area contributed by atoms with Gasteiger partial charge < -0.3 is 0 Å². The lowest BCUT2D eigenvalue weighted by Gasteiger charge is -2.07. The van der Waals surface area contributed by atoms with Crippen LogP contribution in [0.2, 0.25) is 0 Å². The minimum absolute atomic E-state index is 0.192. The Morgan fingerprint density at radius 2 is 2.36 bits per heavy atom. The van der Waals surface area contributed by atoms with E-state index in [4.69, 9.17) is 0 Å². The Hall–Kier alpha value is 0.0900. The monoisotopic (exact) mass is 297 g/mol. The Labute approximate surface area is 96.7 Å². The fourth-order valence-electron chi connectivity index (χ4n) is 0.832. The molecule has 0 radical (unpaired) electrons. The van der Waals surface area contributed by atoms with Crippen molar-refractivity contribution in [1.82, 2.24) is 4.72 Å². The van der Waals surface area contributed by atoms with Crippen LogP contribution in [-0.2, 0) is 10.0 Å². The summed E-state index contributed by atoms with van der Waals surface area (Å²) in [6.07, 6.45) is 0.896. The van der Waals surface area contributed by atoms with Gasteiger partial charge in [-0.2, -0.15) is 0 Å². The molecule has 3 nitrogen and oxygen atoms in total. The van der Waals surface area contributed by atoms with Gasteiger partial charge in [-0.1, -0.05) is 28.9 Å². The van der Waals surface area contributed by atoms with Gasteiger partial charge in [0.1, 0.15) is 4.21 Å². The molecular formula is C8H12BrNO2S2. The third-order valence-corrected chi connectivity index (χ3v) is 5.49. The minimum atomic E-state index is -3.28. The normalized spacial score (nSPS) is 14.1. The predicted molar refractivity (Wildman–Crippen MR) is 62.5 cm³/mol. The first-order valence-corrected chi connectivity index (χ1v) is 7.51. The van der Waals surface area contributed by atoms with Gasteiger partial charge in [0.25, 0.3) is 0 Å². The Morgan fingerprint density at radius 1 is 1.64 bits per heavy atom. The van der Waals surface area contributed by atoms with Gasteiger partial charge >= 0.3 is 0 Å². The minimum Gasteiger partial charge on any atom is -0.209 e. The van der Waals surface area contributed by atoms with E-state index in [-0.39, 0.29) is 4.83 Å². The Balaban J connectivity index is 2.60. The van der Waals surface area contributed by atoms with Gasteiger partial charge in [-0.3, -0.25) is 0 Å². The van der Waals surface area contributed by atoms with E-state index in [1.54, 1.807) is 17.5 Å². The predicted octanol–water partition coefficient (Wildman–Crippen LogP) is 2.20. The molecule has 1 rings (SSSR count). The van der Waals surface area contributed by atoms with E-state index in [9.17, 15) is 8.42 Å². The molecule has 14 heavy (non-hydrogen) atoms. The molecule has 0 spiro atoms. The number of hydrogen-bond donors (Lipinski definition) is 1. The highest BCUT2D eigenvalue weighted by Crippen LogP contribution is 2.15. The van der Waals surface area contributed by atoms with Crippen LogP contribution in [-0.4, -0.2) is 19.8 Å². The summed E-state index contributed by atoms with van der Waals surface area (Å²) in [5, 5.41) is 1.75. The van der Waals surface area contributed by atoms with Gasteiger partial charge in [0, 0.05) is 11.4 Å². The van der Waals surface area contributed by atoms with E-state index >= 15 is 0 Å². The van der Waals surface area contributed by atoms with Gasteiger partial charge in [0.15, 0.2) is 0 Å². The lowest BCUT2D eigenvalue weighted by atomic mass is 10.3. The molecular weight excluding hydrogens is 286 g/mol. The number of rotatable bonds is 5. The van der Waals surface area contributed by atoms with Crippen molar-refractivity contribution in [3.8, 4) is 0 Å². The maximum atomic E-state index is 11.6. The fourth-order valence-corrected chi connectivity index (χ4v) is 3.33. The van der Waals surface area contributed by atoms with Crippen molar-refractivity contribution in [3.63, 3.8) is 0 Å². The Kier molecular flexibility index (Phi) is 4.56. The van der Waals surface area contributed by atoms with E-state index in [1.807, 2.05) is 6.92 Å². The average Bonchev–Trinajstić information content (AvgIpc) is 2.67. The molecule has 1 atom stereocenters. The number of hydrogen-bond acceptors (Lipinski definition) is 3. The van der Waals surface area contributed by atoms with Gasteiger partial charge in [0.05, 0.1) is 0 Å². The number of thiophene rings is 1. The molecule has 1 aromatic rings. The average molecular weight is 298 g/mol. The first kappa shape index (κ1) is 12.2. The molecule has 0 aliphatic heterocycles. The third kappa shape index (κ3) is 3.34. The molecule has 0 aromatic carbocycles. The van der Waals surface area contributed by atoms with Gasteiger partial charge in [0.2, 0.25) is 10.0 Å². The molecule has 0 fully saturated rings. The van der Waals surface area contributed by atoms with Crippen LogP contribution in [0.3, 0.4) is 0 Å². The van der Waals surface area contributed by atoms with Crippen LogP contribution in [0, 0.1) is 0 Å². The second kappa shape index (κ2) is 5.25. The highest BCUT2D eigenvalue weighted by Gasteiger charge is 2.15. The SMILES string of the molecule is CCC(Br)CNS(=O)(=O)c1cccs1. The lowest BCUT2D eigenvalue weighted by molar-refractivity contribution is 0.582. The molecule has 80 valence electrons. The lowest BCUT2D eigenvalue weighted by Crippen LogP contribution is -2.28. The summed E-state index contributed by atoms with van der Waals surface area (Å²) in [6.45, 7) is 2.43. The summed E-state index contributed by atoms with van der Waals surface area (Å²) in [6, 6.07) is 3.33. The molecule has 1 heterocycles. The fraction of sp³-hybridized carbons (Fsp3) is 0.500. The van der Waals surface area contributed by atoms with Gasteiger partial charge in [-0.05, 0) is 17.9 Å². The van der Waals surface area contributed by atoms with Crippen LogP contribution in [0.4, 0.5) is 0 Å². The van der Waals surface area contributed by atoms with Crippen LogP contribution < -0.4 is 4.72 Å². The number of sulfonamides is 1. The quantitative estimate of drug-likeness (QED) is 0.847. The van der Waals surface area contributed by atoms with Crippen LogP contribution in [0.5, 0.6) is 0 Å². The zero-order valence-corrected chi connectivity index (χ0v) is 11.0. The molecule has 0 bridgehead atoms. The Morgan fingerprint density at radius 3 is 2.86 bits per heavy atom. The molecule has 1 unspecified atom stereocenters. The smallest absolute Gasteiger partial charge is 0.209 e. The molecule has 6 heteroatoms. The number of nitrogens with one attached hydrogen (secondary N) is 1. The zero-order chi connectivity index (χ0) is 10.6. The van der Waals surface area contributed by atoms with Crippen LogP contribution in [0.1, 0.15) is 13.3 Å². The standard InChI is InChI=1S/C8H12BrNO2S2/c1-2-7(9)6-10-14(11,12)8-4-3-5-13-8/h3-5,7,10H,2,6H2,1H3. The van der Waals surface area contributed by atoms with Crippen molar-refractivity contribution in [1.29, 1.82) is 0 Å². The van der Waals surface area contributed by atoms with Crippen LogP contribution in [0.25, 0.3) is 0 Å². The number of alkyl halides is 1. The van der Waals surface area contributed by atoms with Crippen LogP contribution in [0.15, 0.2) is 21.7 Å². The van der Waals surface area contributed by atoms with Crippen molar-refractivity contribution in [2.24, 2.45) is 0 Å². The maximum absolute atomic E-state index is 11.6.